The predicted octanol–water partition coefficient (Wildman–Crippen LogP) is 4.34. The van der Waals surface area contributed by atoms with Gasteiger partial charge in [0.05, 0.1) is 0 Å². The monoisotopic (exact) mass is 440 g/mol. The Morgan fingerprint density at radius 2 is 1.52 bits per heavy atom. The van der Waals surface area contributed by atoms with E-state index in [1.165, 1.54) is 0 Å². The van der Waals surface area contributed by atoms with Gasteiger partial charge in [-0.15, -0.1) is 10.2 Å². The molecule has 1 N–H and O–H groups in total. The van der Waals surface area contributed by atoms with E-state index in [2.05, 4.69) is 15.5 Å². The molecule has 4 aromatic rings. The van der Waals surface area contributed by atoms with Gasteiger partial charge < -0.3 is 14.6 Å². The molecule has 0 aliphatic carbocycles. The third kappa shape index (κ3) is 4.82. The first-order valence-electron chi connectivity index (χ1n) is 10.5. The largest absolute Gasteiger partial charge is 0.416 e. The lowest BCUT2D eigenvalue weighted by atomic mass is 10.1. The summed E-state index contributed by atoms with van der Waals surface area (Å²) in [7, 11) is 3.34. The summed E-state index contributed by atoms with van der Waals surface area (Å²) in [6.07, 6.45) is 0. The van der Waals surface area contributed by atoms with Gasteiger partial charge in [0.1, 0.15) is 0 Å². The molecule has 1 heterocycles. The molecule has 0 fully saturated rings. The summed E-state index contributed by atoms with van der Waals surface area (Å²) in [6, 6.07) is 22.1. The minimum absolute atomic E-state index is 0.108. The van der Waals surface area contributed by atoms with Gasteiger partial charge in [-0.3, -0.25) is 9.59 Å². The maximum Gasteiger partial charge on any atom is 0.253 e. The van der Waals surface area contributed by atoms with Crippen molar-refractivity contribution < 1.29 is 14.0 Å². The summed E-state index contributed by atoms with van der Waals surface area (Å²) in [6.45, 7) is 2.42. The van der Waals surface area contributed by atoms with Crippen molar-refractivity contribution in [3.8, 4) is 22.9 Å². The van der Waals surface area contributed by atoms with E-state index >= 15 is 0 Å². The molecule has 7 heteroatoms. The average molecular weight is 441 g/mol. The van der Waals surface area contributed by atoms with Gasteiger partial charge in [0.25, 0.3) is 11.8 Å². The Bertz CT molecular complexity index is 1280. The van der Waals surface area contributed by atoms with Gasteiger partial charge in [-0.05, 0) is 60.5 Å². The standard InChI is InChI=1S/C26H24N4O3/c1-17-6-4-5-7-22(17)25-29-28-24(33-25)20-12-14-21(15-13-20)26(32)30(3)16-18-8-10-19(11-9-18)23(31)27-2/h4-15H,16H2,1-3H3,(H,27,31). The van der Waals surface area contributed by atoms with Crippen LogP contribution in [-0.2, 0) is 6.54 Å². The van der Waals surface area contributed by atoms with Crippen molar-refractivity contribution in [3.05, 3.63) is 95.1 Å². The molecule has 0 saturated heterocycles. The van der Waals surface area contributed by atoms with Crippen molar-refractivity contribution in [1.29, 1.82) is 0 Å². The van der Waals surface area contributed by atoms with E-state index in [0.29, 0.717) is 29.5 Å². The van der Waals surface area contributed by atoms with Crippen molar-refractivity contribution in [2.45, 2.75) is 13.5 Å². The van der Waals surface area contributed by atoms with Crippen LogP contribution < -0.4 is 5.32 Å². The van der Waals surface area contributed by atoms with Gasteiger partial charge in [0, 0.05) is 42.9 Å². The Kier molecular flexibility index (Phi) is 6.31. The third-order valence-corrected chi connectivity index (χ3v) is 5.39. The summed E-state index contributed by atoms with van der Waals surface area (Å²) in [5, 5.41) is 10.9. The zero-order valence-corrected chi connectivity index (χ0v) is 18.7. The number of hydrogen-bond donors (Lipinski definition) is 1. The second-order valence-corrected chi connectivity index (χ2v) is 7.74. The average Bonchev–Trinajstić information content (AvgIpc) is 3.34. The van der Waals surface area contributed by atoms with E-state index in [0.717, 1.165) is 22.3 Å². The Balaban J connectivity index is 1.44. The van der Waals surface area contributed by atoms with Crippen LogP contribution in [0.2, 0.25) is 0 Å². The molecule has 0 bridgehead atoms. The lowest BCUT2D eigenvalue weighted by Crippen LogP contribution is -2.26. The van der Waals surface area contributed by atoms with Crippen LogP contribution in [0.5, 0.6) is 0 Å². The highest BCUT2D eigenvalue weighted by Gasteiger charge is 2.15. The number of nitrogens with zero attached hydrogens (tertiary/aromatic N) is 3. The minimum atomic E-state index is -0.140. The van der Waals surface area contributed by atoms with E-state index in [1.54, 1.807) is 55.4 Å². The summed E-state index contributed by atoms with van der Waals surface area (Å²) >= 11 is 0. The van der Waals surface area contributed by atoms with E-state index < -0.39 is 0 Å². The number of carbonyl (C=O) groups is 2. The van der Waals surface area contributed by atoms with Crippen LogP contribution in [0, 0.1) is 6.92 Å². The molecule has 33 heavy (non-hydrogen) atoms. The highest BCUT2D eigenvalue weighted by molar-refractivity contribution is 5.95. The Morgan fingerprint density at radius 3 is 2.18 bits per heavy atom. The number of carbonyl (C=O) groups excluding carboxylic acids is 2. The van der Waals surface area contributed by atoms with Crippen molar-refractivity contribution in [3.63, 3.8) is 0 Å². The second kappa shape index (κ2) is 9.48. The molecule has 0 spiro atoms. The van der Waals surface area contributed by atoms with Crippen LogP contribution in [0.15, 0.2) is 77.2 Å². The Labute approximate surface area is 192 Å². The minimum Gasteiger partial charge on any atom is -0.416 e. The topological polar surface area (TPSA) is 88.3 Å². The highest BCUT2D eigenvalue weighted by atomic mass is 16.4. The molecular formula is C26H24N4O3. The molecule has 3 aromatic carbocycles. The number of hydrogen-bond acceptors (Lipinski definition) is 5. The fourth-order valence-electron chi connectivity index (χ4n) is 3.49. The summed E-state index contributed by atoms with van der Waals surface area (Å²) in [5.41, 5.74) is 4.77. The maximum absolute atomic E-state index is 12.9. The van der Waals surface area contributed by atoms with E-state index in [1.807, 2.05) is 43.3 Å². The quantitative estimate of drug-likeness (QED) is 0.482. The molecule has 0 aliphatic heterocycles. The molecule has 0 radical (unpaired) electrons. The van der Waals surface area contributed by atoms with Crippen molar-refractivity contribution in [2.24, 2.45) is 0 Å². The highest BCUT2D eigenvalue weighted by Crippen LogP contribution is 2.26. The van der Waals surface area contributed by atoms with Gasteiger partial charge in [-0.25, -0.2) is 0 Å². The zero-order chi connectivity index (χ0) is 23.4. The lowest BCUT2D eigenvalue weighted by Gasteiger charge is -2.17. The van der Waals surface area contributed by atoms with Crippen LogP contribution in [0.25, 0.3) is 22.9 Å². The fraction of sp³-hybridized carbons (Fsp3) is 0.154. The summed E-state index contributed by atoms with van der Waals surface area (Å²) < 4.78 is 5.85. The molecule has 0 saturated carbocycles. The van der Waals surface area contributed by atoms with Gasteiger partial charge in [-0.1, -0.05) is 30.3 Å². The first-order valence-corrected chi connectivity index (χ1v) is 10.5. The van der Waals surface area contributed by atoms with E-state index in [-0.39, 0.29) is 11.8 Å². The van der Waals surface area contributed by atoms with Gasteiger partial charge in [-0.2, -0.15) is 0 Å². The van der Waals surface area contributed by atoms with Crippen LogP contribution in [0.1, 0.15) is 31.8 Å². The van der Waals surface area contributed by atoms with Crippen molar-refractivity contribution >= 4 is 11.8 Å². The van der Waals surface area contributed by atoms with E-state index in [9.17, 15) is 9.59 Å². The van der Waals surface area contributed by atoms with Gasteiger partial charge in [0.15, 0.2) is 0 Å². The third-order valence-electron chi connectivity index (χ3n) is 5.39. The molecule has 166 valence electrons. The van der Waals surface area contributed by atoms with Crippen LogP contribution in [0.3, 0.4) is 0 Å². The SMILES string of the molecule is CNC(=O)c1ccc(CN(C)C(=O)c2ccc(-c3nnc(-c4ccccc4C)o3)cc2)cc1. The molecule has 4 rings (SSSR count). The van der Waals surface area contributed by atoms with E-state index in [4.69, 9.17) is 4.42 Å². The zero-order valence-electron chi connectivity index (χ0n) is 18.7. The van der Waals surface area contributed by atoms with Crippen LogP contribution in [0.4, 0.5) is 0 Å². The van der Waals surface area contributed by atoms with Gasteiger partial charge >= 0.3 is 0 Å². The van der Waals surface area contributed by atoms with Crippen LogP contribution in [-0.4, -0.2) is 41.0 Å². The molecule has 0 aliphatic rings. The number of aromatic nitrogens is 2. The summed E-state index contributed by atoms with van der Waals surface area (Å²) in [4.78, 5) is 26.2. The smallest absolute Gasteiger partial charge is 0.253 e. The second-order valence-electron chi connectivity index (χ2n) is 7.74. The number of amides is 2. The van der Waals surface area contributed by atoms with Crippen molar-refractivity contribution in [1.82, 2.24) is 20.4 Å². The molecule has 2 amide bonds. The van der Waals surface area contributed by atoms with Crippen LogP contribution >= 0.6 is 0 Å². The number of nitrogens with one attached hydrogen (secondary N) is 1. The van der Waals surface area contributed by atoms with Crippen molar-refractivity contribution in [2.75, 3.05) is 14.1 Å². The Morgan fingerprint density at radius 1 is 0.879 bits per heavy atom. The number of aryl methyl sites for hydroxylation is 1. The summed E-state index contributed by atoms with van der Waals surface area (Å²) in [5.74, 6) is 0.614. The molecule has 7 nitrogen and oxygen atoms in total. The molecule has 1 aromatic heterocycles. The normalized spacial score (nSPS) is 10.6. The number of rotatable bonds is 6. The molecule has 0 atom stereocenters. The first kappa shape index (κ1) is 22.0. The predicted molar refractivity (Wildman–Crippen MR) is 126 cm³/mol. The Hall–Kier alpha value is -4.26. The fourth-order valence-corrected chi connectivity index (χ4v) is 3.49. The van der Waals surface area contributed by atoms with Gasteiger partial charge in [0.2, 0.25) is 11.8 Å². The molecular weight excluding hydrogens is 416 g/mol. The molecule has 0 unspecified atom stereocenters. The first-order chi connectivity index (χ1) is 16.0. The number of benzene rings is 3. The lowest BCUT2D eigenvalue weighted by molar-refractivity contribution is 0.0784. The maximum atomic E-state index is 12.9.